The molecule has 0 spiro atoms. The van der Waals surface area contributed by atoms with Crippen molar-refractivity contribution in [1.82, 2.24) is 0 Å². The largest absolute Gasteiger partial charge is 0.405 e. The number of hydrogen-bond donors (Lipinski definition) is 1. The highest BCUT2D eigenvalue weighted by molar-refractivity contribution is 5.14. The van der Waals surface area contributed by atoms with E-state index in [9.17, 15) is 0 Å². The third-order valence-corrected chi connectivity index (χ3v) is 1.37. The van der Waals surface area contributed by atoms with Gasteiger partial charge in [-0.1, -0.05) is 30.4 Å². The fourth-order valence-electron chi connectivity index (χ4n) is 0.885. The van der Waals surface area contributed by atoms with Gasteiger partial charge in [0.05, 0.1) is 0 Å². The zero-order valence-corrected chi connectivity index (χ0v) is 5.33. The summed E-state index contributed by atoms with van der Waals surface area (Å²) in [4.78, 5) is 0. The van der Waals surface area contributed by atoms with Crippen LogP contribution in [-0.4, -0.2) is 0 Å². The second kappa shape index (κ2) is 3.13. The molecular formula is C8H11N. The molecule has 1 nitrogen and oxygen atoms in total. The molecule has 0 fully saturated rings. The summed E-state index contributed by atoms with van der Waals surface area (Å²) in [6.07, 6.45) is 13.1. The molecule has 0 aromatic heterocycles. The van der Waals surface area contributed by atoms with Gasteiger partial charge in [0.1, 0.15) is 0 Å². The van der Waals surface area contributed by atoms with Crippen LogP contribution in [0.3, 0.4) is 0 Å². The van der Waals surface area contributed by atoms with E-state index in [1.165, 1.54) is 0 Å². The Morgan fingerprint density at radius 2 is 2.33 bits per heavy atom. The predicted molar refractivity (Wildman–Crippen MR) is 39.7 cm³/mol. The van der Waals surface area contributed by atoms with Crippen molar-refractivity contribution in [3.63, 3.8) is 0 Å². The van der Waals surface area contributed by atoms with Crippen LogP contribution in [0.2, 0.25) is 0 Å². The molecule has 0 aliphatic heterocycles. The Kier molecular flexibility index (Phi) is 2.13. The van der Waals surface area contributed by atoms with Crippen LogP contribution in [0.15, 0.2) is 36.6 Å². The molecule has 48 valence electrons. The van der Waals surface area contributed by atoms with Crippen LogP contribution in [0.25, 0.3) is 0 Å². The second-order valence-electron chi connectivity index (χ2n) is 2.10. The number of nitrogens with two attached hydrogens (primary N) is 1. The van der Waals surface area contributed by atoms with Crippen LogP contribution in [0.4, 0.5) is 0 Å². The van der Waals surface area contributed by atoms with Crippen molar-refractivity contribution < 1.29 is 0 Å². The van der Waals surface area contributed by atoms with Gasteiger partial charge in [0.15, 0.2) is 0 Å². The van der Waals surface area contributed by atoms with Gasteiger partial charge >= 0.3 is 0 Å². The van der Waals surface area contributed by atoms with Gasteiger partial charge in [0, 0.05) is 5.92 Å². The van der Waals surface area contributed by atoms with Crippen molar-refractivity contribution in [1.29, 1.82) is 0 Å². The third-order valence-electron chi connectivity index (χ3n) is 1.37. The lowest BCUT2D eigenvalue weighted by atomic mass is 10.0. The summed E-state index contributed by atoms with van der Waals surface area (Å²) in [5.74, 6) is 0.528. The molecular weight excluding hydrogens is 110 g/mol. The van der Waals surface area contributed by atoms with E-state index in [1.807, 2.05) is 12.2 Å². The Morgan fingerprint density at radius 1 is 1.44 bits per heavy atom. The molecule has 0 amide bonds. The van der Waals surface area contributed by atoms with Crippen LogP contribution in [-0.2, 0) is 0 Å². The predicted octanol–water partition coefficient (Wildman–Crippen LogP) is 1.59. The Morgan fingerprint density at radius 3 is 2.89 bits per heavy atom. The van der Waals surface area contributed by atoms with Crippen LogP contribution in [0.1, 0.15) is 6.42 Å². The number of rotatable bonds is 1. The SMILES string of the molecule is N/C=C\C1C=CC=CC1. The lowest BCUT2D eigenvalue weighted by Gasteiger charge is -2.04. The standard InChI is InChI=1S/C8H11N/c9-7-6-8-4-2-1-3-5-8/h1-4,6-8H,5,9H2/b7-6-. The Labute approximate surface area is 55.6 Å². The lowest BCUT2D eigenvalue weighted by molar-refractivity contribution is 0.820. The molecule has 2 N–H and O–H groups in total. The maximum Gasteiger partial charge on any atom is 0.000141 e. The van der Waals surface area contributed by atoms with E-state index in [-0.39, 0.29) is 0 Å². The third kappa shape index (κ3) is 1.76. The minimum atomic E-state index is 0.528. The zero-order chi connectivity index (χ0) is 6.53. The molecule has 1 rings (SSSR count). The normalized spacial score (nSPS) is 25.6. The van der Waals surface area contributed by atoms with Gasteiger partial charge < -0.3 is 5.73 Å². The molecule has 1 aliphatic carbocycles. The first-order valence-electron chi connectivity index (χ1n) is 3.15. The Balaban J connectivity index is 2.46. The summed E-state index contributed by atoms with van der Waals surface area (Å²) in [6.45, 7) is 0. The summed E-state index contributed by atoms with van der Waals surface area (Å²) >= 11 is 0. The van der Waals surface area contributed by atoms with Crippen molar-refractivity contribution in [2.24, 2.45) is 11.7 Å². The summed E-state index contributed by atoms with van der Waals surface area (Å²) in [5.41, 5.74) is 5.22. The highest BCUT2D eigenvalue weighted by atomic mass is 14.5. The zero-order valence-electron chi connectivity index (χ0n) is 5.33. The van der Waals surface area contributed by atoms with Gasteiger partial charge in [-0.15, -0.1) is 0 Å². The minimum Gasteiger partial charge on any atom is -0.405 e. The molecule has 0 radical (unpaired) electrons. The quantitative estimate of drug-likeness (QED) is 0.560. The van der Waals surface area contributed by atoms with Crippen molar-refractivity contribution in [2.45, 2.75) is 6.42 Å². The van der Waals surface area contributed by atoms with E-state index in [1.54, 1.807) is 6.20 Å². The number of allylic oxidation sites excluding steroid dienone is 5. The van der Waals surface area contributed by atoms with Gasteiger partial charge in [-0.05, 0) is 12.6 Å². The molecule has 0 saturated heterocycles. The first kappa shape index (κ1) is 6.14. The molecule has 9 heavy (non-hydrogen) atoms. The summed E-state index contributed by atoms with van der Waals surface area (Å²) in [6, 6.07) is 0. The number of hydrogen-bond acceptors (Lipinski definition) is 1. The molecule has 1 heteroatoms. The molecule has 0 bridgehead atoms. The van der Waals surface area contributed by atoms with E-state index in [4.69, 9.17) is 5.73 Å². The van der Waals surface area contributed by atoms with Crippen LogP contribution < -0.4 is 5.73 Å². The van der Waals surface area contributed by atoms with E-state index in [0.717, 1.165) is 6.42 Å². The van der Waals surface area contributed by atoms with E-state index >= 15 is 0 Å². The molecule has 1 aliphatic rings. The lowest BCUT2D eigenvalue weighted by Crippen LogP contribution is -1.93. The van der Waals surface area contributed by atoms with Crippen molar-refractivity contribution in [2.75, 3.05) is 0 Å². The van der Waals surface area contributed by atoms with E-state index in [2.05, 4.69) is 18.2 Å². The monoisotopic (exact) mass is 121 g/mol. The summed E-state index contributed by atoms with van der Waals surface area (Å²) in [5, 5.41) is 0. The topological polar surface area (TPSA) is 26.0 Å². The maximum absolute atomic E-state index is 5.22. The van der Waals surface area contributed by atoms with Gasteiger partial charge in [-0.2, -0.15) is 0 Å². The first-order chi connectivity index (χ1) is 4.43. The summed E-state index contributed by atoms with van der Waals surface area (Å²) < 4.78 is 0. The van der Waals surface area contributed by atoms with E-state index in [0.29, 0.717) is 5.92 Å². The highest BCUT2D eigenvalue weighted by Crippen LogP contribution is 2.11. The molecule has 0 heterocycles. The average Bonchev–Trinajstić information content (AvgIpc) is 1.91. The molecule has 0 saturated carbocycles. The van der Waals surface area contributed by atoms with Gasteiger partial charge in [0.25, 0.3) is 0 Å². The fraction of sp³-hybridized carbons (Fsp3) is 0.250. The average molecular weight is 121 g/mol. The van der Waals surface area contributed by atoms with Crippen molar-refractivity contribution >= 4 is 0 Å². The smallest absolute Gasteiger partial charge is 0.000141 e. The van der Waals surface area contributed by atoms with Crippen LogP contribution >= 0.6 is 0 Å². The van der Waals surface area contributed by atoms with Crippen LogP contribution in [0, 0.1) is 5.92 Å². The molecule has 1 atom stereocenters. The van der Waals surface area contributed by atoms with Gasteiger partial charge in [-0.3, -0.25) is 0 Å². The van der Waals surface area contributed by atoms with E-state index < -0.39 is 0 Å². The van der Waals surface area contributed by atoms with Gasteiger partial charge in [0.2, 0.25) is 0 Å². The minimum absolute atomic E-state index is 0.528. The van der Waals surface area contributed by atoms with Crippen molar-refractivity contribution in [3.8, 4) is 0 Å². The highest BCUT2D eigenvalue weighted by Gasteiger charge is 1.97. The Bertz CT molecular complexity index is 154. The van der Waals surface area contributed by atoms with Gasteiger partial charge in [-0.25, -0.2) is 0 Å². The molecule has 0 aromatic carbocycles. The molecule has 1 unspecified atom stereocenters. The Hall–Kier alpha value is -0.980. The maximum atomic E-state index is 5.22. The summed E-state index contributed by atoms with van der Waals surface area (Å²) in [7, 11) is 0. The van der Waals surface area contributed by atoms with Crippen molar-refractivity contribution in [3.05, 3.63) is 36.6 Å². The second-order valence-corrected chi connectivity index (χ2v) is 2.10. The first-order valence-corrected chi connectivity index (χ1v) is 3.15. The molecule has 0 aromatic rings. The van der Waals surface area contributed by atoms with Crippen LogP contribution in [0.5, 0.6) is 0 Å². The fourth-order valence-corrected chi connectivity index (χ4v) is 0.885.